The van der Waals surface area contributed by atoms with Crippen molar-refractivity contribution in [2.75, 3.05) is 20.1 Å². The summed E-state index contributed by atoms with van der Waals surface area (Å²) in [5, 5.41) is 6.76. The Morgan fingerprint density at radius 1 is 1.41 bits per heavy atom. The quantitative estimate of drug-likeness (QED) is 0.724. The van der Waals surface area contributed by atoms with E-state index in [0.717, 1.165) is 24.6 Å². The van der Waals surface area contributed by atoms with Gasteiger partial charge in [-0.1, -0.05) is 13.8 Å². The van der Waals surface area contributed by atoms with E-state index in [9.17, 15) is 0 Å². The van der Waals surface area contributed by atoms with Crippen LogP contribution in [0.5, 0.6) is 0 Å². The fourth-order valence-electron chi connectivity index (χ4n) is 1.73. The van der Waals surface area contributed by atoms with Crippen molar-refractivity contribution in [1.29, 1.82) is 0 Å². The van der Waals surface area contributed by atoms with E-state index in [1.54, 1.807) is 11.3 Å². The van der Waals surface area contributed by atoms with Gasteiger partial charge in [0.15, 0.2) is 0 Å². The first-order chi connectivity index (χ1) is 8.08. The maximum Gasteiger partial charge on any atom is 0.0897 e. The molecule has 0 aromatic carbocycles. The Bertz CT molecular complexity index is 309. The predicted molar refractivity (Wildman–Crippen MR) is 75.6 cm³/mol. The van der Waals surface area contributed by atoms with Crippen molar-refractivity contribution in [2.24, 2.45) is 0 Å². The summed E-state index contributed by atoms with van der Waals surface area (Å²) < 4.78 is 0. The summed E-state index contributed by atoms with van der Waals surface area (Å²) in [7, 11) is 2.17. The van der Waals surface area contributed by atoms with E-state index in [2.05, 4.69) is 48.4 Å². The van der Waals surface area contributed by atoms with Crippen LogP contribution in [0.15, 0.2) is 5.38 Å². The monoisotopic (exact) mass is 255 g/mol. The molecular weight excluding hydrogens is 230 g/mol. The molecule has 0 spiro atoms. The minimum atomic E-state index is 0.603. The molecule has 0 bridgehead atoms. The van der Waals surface area contributed by atoms with Gasteiger partial charge in [0.2, 0.25) is 0 Å². The van der Waals surface area contributed by atoms with Crippen molar-refractivity contribution in [3.05, 3.63) is 16.1 Å². The predicted octanol–water partition coefficient (Wildman–Crippen LogP) is 2.66. The molecule has 1 heterocycles. The highest BCUT2D eigenvalue weighted by atomic mass is 32.1. The molecule has 0 saturated carbocycles. The van der Waals surface area contributed by atoms with Gasteiger partial charge in [-0.3, -0.25) is 0 Å². The van der Waals surface area contributed by atoms with Gasteiger partial charge in [0.1, 0.15) is 0 Å². The summed E-state index contributed by atoms with van der Waals surface area (Å²) in [6.07, 6.45) is 2.50. The third kappa shape index (κ3) is 6.76. The lowest BCUT2D eigenvalue weighted by atomic mass is 10.2. The molecule has 0 radical (unpaired) electrons. The Balaban J connectivity index is 2.07. The van der Waals surface area contributed by atoms with Gasteiger partial charge in [0.25, 0.3) is 0 Å². The minimum absolute atomic E-state index is 0.603. The maximum absolute atomic E-state index is 4.48. The van der Waals surface area contributed by atoms with Crippen molar-refractivity contribution in [2.45, 2.75) is 46.2 Å². The van der Waals surface area contributed by atoms with Gasteiger partial charge in [0, 0.05) is 18.0 Å². The molecule has 0 atom stereocenters. The third-order valence-electron chi connectivity index (χ3n) is 2.62. The summed E-state index contributed by atoms with van der Waals surface area (Å²) in [5.41, 5.74) is 1.20. The van der Waals surface area contributed by atoms with Crippen LogP contribution in [0.2, 0.25) is 0 Å². The number of nitrogens with one attached hydrogen (secondary N) is 1. The lowest BCUT2D eigenvalue weighted by molar-refractivity contribution is 0.314. The topological polar surface area (TPSA) is 28.2 Å². The average Bonchev–Trinajstić information content (AvgIpc) is 2.63. The molecule has 0 saturated heterocycles. The molecule has 0 amide bonds. The zero-order valence-electron chi connectivity index (χ0n) is 11.5. The van der Waals surface area contributed by atoms with E-state index < -0.39 is 0 Å². The SMILES string of the molecule is Cc1nc(CN(C)CCCCNC(C)C)cs1. The summed E-state index contributed by atoms with van der Waals surface area (Å²) in [6, 6.07) is 0.603. The van der Waals surface area contributed by atoms with Crippen molar-refractivity contribution >= 4 is 11.3 Å². The van der Waals surface area contributed by atoms with Crippen molar-refractivity contribution in [3.8, 4) is 0 Å². The first-order valence-corrected chi connectivity index (χ1v) is 7.29. The van der Waals surface area contributed by atoms with Crippen LogP contribution in [0.3, 0.4) is 0 Å². The van der Waals surface area contributed by atoms with Gasteiger partial charge in [-0.25, -0.2) is 4.98 Å². The van der Waals surface area contributed by atoms with Crippen molar-refractivity contribution in [1.82, 2.24) is 15.2 Å². The number of aryl methyl sites for hydroxylation is 1. The minimum Gasteiger partial charge on any atom is -0.315 e. The lowest BCUT2D eigenvalue weighted by Crippen LogP contribution is -2.25. The van der Waals surface area contributed by atoms with Crippen LogP contribution in [-0.2, 0) is 6.54 Å². The van der Waals surface area contributed by atoms with E-state index in [1.165, 1.54) is 18.5 Å². The Hall–Kier alpha value is -0.450. The van der Waals surface area contributed by atoms with Crippen LogP contribution in [0, 0.1) is 6.92 Å². The summed E-state index contributed by atoms with van der Waals surface area (Å²) in [5.74, 6) is 0. The smallest absolute Gasteiger partial charge is 0.0897 e. The zero-order chi connectivity index (χ0) is 12.7. The molecule has 0 unspecified atom stereocenters. The first-order valence-electron chi connectivity index (χ1n) is 6.41. The number of aromatic nitrogens is 1. The van der Waals surface area contributed by atoms with E-state index >= 15 is 0 Å². The fourth-order valence-corrected chi connectivity index (χ4v) is 2.34. The molecule has 3 nitrogen and oxygen atoms in total. The molecule has 1 rings (SSSR count). The largest absolute Gasteiger partial charge is 0.315 e. The Kier molecular flexibility index (Phi) is 6.70. The Labute approximate surface area is 109 Å². The second-order valence-corrected chi connectivity index (χ2v) is 5.97. The number of hydrogen-bond donors (Lipinski definition) is 1. The highest BCUT2D eigenvalue weighted by Crippen LogP contribution is 2.09. The second kappa shape index (κ2) is 7.80. The van der Waals surface area contributed by atoms with Crippen LogP contribution < -0.4 is 5.32 Å². The third-order valence-corrected chi connectivity index (χ3v) is 3.44. The van der Waals surface area contributed by atoms with Crippen LogP contribution in [0.4, 0.5) is 0 Å². The van der Waals surface area contributed by atoms with E-state index in [0.29, 0.717) is 6.04 Å². The zero-order valence-corrected chi connectivity index (χ0v) is 12.3. The summed E-state index contributed by atoms with van der Waals surface area (Å²) in [6.45, 7) is 9.69. The molecular formula is C13H25N3S. The van der Waals surface area contributed by atoms with E-state index in [1.807, 2.05) is 0 Å². The standard InChI is InChI=1S/C13H25N3S/c1-11(2)14-7-5-6-8-16(4)9-13-10-17-12(3)15-13/h10-11,14H,5-9H2,1-4H3. The molecule has 1 aromatic heterocycles. The van der Waals surface area contributed by atoms with Gasteiger partial charge in [0.05, 0.1) is 10.7 Å². The number of thiazole rings is 1. The van der Waals surface area contributed by atoms with Gasteiger partial charge in [-0.15, -0.1) is 11.3 Å². The first kappa shape index (κ1) is 14.6. The van der Waals surface area contributed by atoms with Crippen molar-refractivity contribution in [3.63, 3.8) is 0 Å². The fraction of sp³-hybridized carbons (Fsp3) is 0.769. The van der Waals surface area contributed by atoms with Gasteiger partial charge in [-0.2, -0.15) is 0 Å². The van der Waals surface area contributed by atoms with Crippen LogP contribution in [-0.4, -0.2) is 36.1 Å². The van der Waals surface area contributed by atoms with Crippen LogP contribution in [0.1, 0.15) is 37.4 Å². The summed E-state index contributed by atoms with van der Waals surface area (Å²) in [4.78, 5) is 6.83. The normalized spacial score (nSPS) is 11.6. The van der Waals surface area contributed by atoms with E-state index in [-0.39, 0.29) is 0 Å². The van der Waals surface area contributed by atoms with Gasteiger partial charge in [-0.05, 0) is 39.9 Å². The number of rotatable bonds is 8. The van der Waals surface area contributed by atoms with Gasteiger partial charge >= 0.3 is 0 Å². The van der Waals surface area contributed by atoms with E-state index in [4.69, 9.17) is 0 Å². The Morgan fingerprint density at radius 3 is 2.76 bits per heavy atom. The molecule has 0 aliphatic carbocycles. The van der Waals surface area contributed by atoms with Crippen LogP contribution in [0.25, 0.3) is 0 Å². The van der Waals surface area contributed by atoms with Crippen molar-refractivity contribution < 1.29 is 0 Å². The van der Waals surface area contributed by atoms with Crippen LogP contribution >= 0.6 is 11.3 Å². The number of unbranched alkanes of at least 4 members (excludes halogenated alkanes) is 1. The molecule has 4 heteroatoms. The molecule has 1 aromatic rings. The second-order valence-electron chi connectivity index (χ2n) is 4.91. The van der Waals surface area contributed by atoms with Gasteiger partial charge < -0.3 is 10.2 Å². The molecule has 0 aliphatic heterocycles. The lowest BCUT2D eigenvalue weighted by Gasteiger charge is -2.15. The molecule has 0 fully saturated rings. The average molecular weight is 255 g/mol. The number of hydrogen-bond acceptors (Lipinski definition) is 4. The highest BCUT2D eigenvalue weighted by molar-refractivity contribution is 7.09. The maximum atomic E-state index is 4.48. The summed E-state index contributed by atoms with van der Waals surface area (Å²) >= 11 is 1.73. The molecule has 0 aliphatic rings. The molecule has 98 valence electrons. The highest BCUT2D eigenvalue weighted by Gasteiger charge is 2.03. The number of nitrogens with zero attached hydrogens (tertiary/aromatic N) is 2. The molecule has 17 heavy (non-hydrogen) atoms. The molecule has 1 N–H and O–H groups in total. The Morgan fingerprint density at radius 2 is 2.18 bits per heavy atom.